The molecule has 0 heterocycles. The van der Waals surface area contributed by atoms with Crippen molar-refractivity contribution < 1.29 is 14.2 Å². The maximum absolute atomic E-state index is 11.8. The van der Waals surface area contributed by atoms with E-state index in [0.717, 1.165) is 11.6 Å². The average Bonchev–Trinajstić information content (AvgIpc) is 2.19. The Labute approximate surface area is 82.6 Å². The molecule has 0 aliphatic carbocycles. The standard InChI is InChI=1S/C11H13FO2/c1-14-11-5-3-2-4-9(11)8-10(13)6-7-12/h2-7,10,13H,8H2,1H3/b7-6+. The van der Waals surface area contributed by atoms with Crippen LogP contribution in [-0.2, 0) is 6.42 Å². The van der Waals surface area contributed by atoms with Crippen molar-refractivity contribution >= 4 is 0 Å². The SMILES string of the molecule is COc1ccccc1CC(O)/C=C/F. The summed E-state index contributed by atoms with van der Waals surface area (Å²) in [5.74, 6) is 0.707. The Morgan fingerprint density at radius 2 is 2.21 bits per heavy atom. The van der Waals surface area contributed by atoms with Gasteiger partial charge in [-0.05, 0) is 17.7 Å². The first-order valence-corrected chi connectivity index (χ1v) is 4.34. The highest BCUT2D eigenvalue weighted by Crippen LogP contribution is 2.19. The molecule has 1 N–H and O–H groups in total. The Balaban J connectivity index is 2.75. The number of aliphatic hydroxyl groups is 1. The van der Waals surface area contributed by atoms with Gasteiger partial charge in [0, 0.05) is 6.42 Å². The molecule has 14 heavy (non-hydrogen) atoms. The summed E-state index contributed by atoms with van der Waals surface area (Å²) in [4.78, 5) is 0. The molecule has 3 heteroatoms. The van der Waals surface area contributed by atoms with Crippen LogP contribution in [0.15, 0.2) is 36.7 Å². The minimum absolute atomic E-state index is 0.347. The van der Waals surface area contributed by atoms with Crippen molar-refractivity contribution in [3.8, 4) is 5.75 Å². The molecule has 0 aromatic heterocycles. The lowest BCUT2D eigenvalue weighted by atomic mass is 10.1. The molecule has 1 atom stereocenters. The molecular formula is C11H13FO2. The van der Waals surface area contributed by atoms with E-state index in [1.807, 2.05) is 18.2 Å². The molecule has 0 aliphatic rings. The van der Waals surface area contributed by atoms with Gasteiger partial charge < -0.3 is 9.84 Å². The first-order valence-electron chi connectivity index (χ1n) is 4.34. The summed E-state index contributed by atoms with van der Waals surface area (Å²) in [6.45, 7) is 0. The summed E-state index contributed by atoms with van der Waals surface area (Å²) >= 11 is 0. The molecule has 76 valence electrons. The third-order valence-corrected chi connectivity index (χ3v) is 1.92. The number of aliphatic hydroxyl groups excluding tert-OH is 1. The third kappa shape index (κ3) is 2.85. The molecule has 0 radical (unpaired) electrons. The number of benzene rings is 1. The molecule has 0 amide bonds. The molecule has 0 saturated carbocycles. The number of hydrogen-bond donors (Lipinski definition) is 1. The number of ether oxygens (including phenoxy) is 1. The van der Waals surface area contributed by atoms with E-state index < -0.39 is 6.10 Å². The van der Waals surface area contributed by atoms with E-state index in [1.165, 1.54) is 0 Å². The number of para-hydroxylation sites is 1. The van der Waals surface area contributed by atoms with Crippen molar-refractivity contribution in [1.82, 2.24) is 0 Å². The Hall–Kier alpha value is -1.35. The second-order valence-corrected chi connectivity index (χ2v) is 2.90. The highest BCUT2D eigenvalue weighted by molar-refractivity contribution is 5.34. The van der Waals surface area contributed by atoms with Crippen molar-refractivity contribution in [2.75, 3.05) is 7.11 Å². The lowest BCUT2D eigenvalue weighted by Crippen LogP contribution is -2.07. The van der Waals surface area contributed by atoms with Gasteiger partial charge in [-0.25, -0.2) is 4.39 Å². The van der Waals surface area contributed by atoms with E-state index in [9.17, 15) is 9.50 Å². The molecule has 0 spiro atoms. The molecule has 1 rings (SSSR count). The molecule has 0 aliphatic heterocycles. The van der Waals surface area contributed by atoms with Gasteiger partial charge in [0.15, 0.2) is 0 Å². The summed E-state index contributed by atoms with van der Waals surface area (Å²) < 4.78 is 16.9. The van der Waals surface area contributed by atoms with Gasteiger partial charge in [0.1, 0.15) is 5.75 Å². The summed E-state index contributed by atoms with van der Waals surface area (Å²) in [6.07, 6.45) is 0.994. The van der Waals surface area contributed by atoms with Crippen molar-refractivity contribution in [3.63, 3.8) is 0 Å². The monoisotopic (exact) mass is 196 g/mol. The van der Waals surface area contributed by atoms with Crippen molar-refractivity contribution in [3.05, 3.63) is 42.2 Å². The molecule has 1 unspecified atom stereocenters. The van der Waals surface area contributed by atoms with Crippen LogP contribution >= 0.6 is 0 Å². The van der Waals surface area contributed by atoms with Crippen LogP contribution in [-0.4, -0.2) is 18.3 Å². The van der Waals surface area contributed by atoms with Crippen molar-refractivity contribution in [2.24, 2.45) is 0 Å². The van der Waals surface area contributed by atoms with Crippen LogP contribution in [0.4, 0.5) is 4.39 Å². The Morgan fingerprint density at radius 3 is 2.86 bits per heavy atom. The van der Waals surface area contributed by atoms with Gasteiger partial charge in [0.25, 0.3) is 0 Å². The van der Waals surface area contributed by atoms with Crippen LogP contribution in [0.25, 0.3) is 0 Å². The Morgan fingerprint density at radius 1 is 1.50 bits per heavy atom. The first-order chi connectivity index (χ1) is 6.77. The van der Waals surface area contributed by atoms with Crippen molar-refractivity contribution in [2.45, 2.75) is 12.5 Å². The highest BCUT2D eigenvalue weighted by Gasteiger charge is 2.06. The maximum Gasteiger partial charge on any atom is 0.122 e. The topological polar surface area (TPSA) is 29.5 Å². The average molecular weight is 196 g/mol. The fourth-order valence-corrected chi connectivity index (χ4v) is 1.25. The number of rotatable bonds is 4. The van der Waals surface area contributed by atoms with E-state index in [0.29, 0.717) is 18.5 Å². The van der Waals surface area contributed by atoms with Crippen molar-refractivity contribution in [1.29, 1.82) is 0 Å². The van der Waals surface area contributed by atoms with Gasteiger partial charge in [-0.2, -0.15) is 0 Å². The maximum atomic E-state index is 11.8. The lowest BCUT2D eigenvalue weighted by Gasteiger charge is -2.09. The number of hydrogen-bond acceptors (Lipinski definition) is 2. The van der Waals surface area contributed by atoms with E-state index in [-0.39, 0.29) is 0 Å². The largest absolute Gasteiger partial charge is 0.496 e. The van der Waals surface area contributed by atoms with Gasteiger partial charge >= 0.3 is 0 Å². The quantitative estimate of drug-likeness (QED) is 0.798. The number of methoxy groups -OCH3 is 1. The predicted octanol–water partition coefficient (Wildman–Crippen LogP) is 2.08. The highest BCUT2D eigenvalue weighted by atomic mass is 19.1. The molecule has 1 aromatic carbocycles. The summed E-state index contributed by atoms with van der Waals surface area (Å²) in [7, 11) is 1.57. The zero-order valence-corrected chi connectivity index (χ0v) is 7.98. The molecule has 0 saturated heterocycles. The van der Waals surface area contributed by atoms with E-state index >= 15 is 0 Å². The summed E-state index contributed by atoms with van der Waals surface area (Å²) in [5.41, 5.74) is 0.862. The van der Waals surface area contributed by atoms with Crippen LogP contribution in [0.3, 0.4) is 0 Å². The zero-order chi connectivity index (χ0) is 10.4. The van der Waals surface area contributed by atoms with Gasteiger partial charge in [0.2, 0.25) is 0 Å². The van der Waals surface area contributed by atoms with Gasteiger partial charge in [0.05, 0.1) is 19.5 Å². The Kier molecular flexibility index (Phi) is 4.13. The van der Waals surface area contributed by atoms with E-state index in [2.05, 4.69) is 0 Å². The van der Waals surface area contributed by atoms with Gasteiger partial charge in [-0.15, -0.1) is 0 Å². The summed E-state index contributed by atoms with van der Waals surface area (Å²) in [5, 5.41) is 9.34. The first kappa shape index (κ1) is 10.7. The second-order valence-electron chi connectivity index (χ2n) is 2.90. The van der Waals surface area contributed by atoms with Gasteiger partial charge in [-0.1, -0.05) is 18.2 Å². The van der Waals surface area contributed by atoms with Crippen LogP contribution in [0.1, 0.15) is 5.56 Å². The zero-order valence-electron chi connectivity index (χ0n) is 7.98. The second kappa shape index (κ2) is 5.40. The van der Waals surface area contributed by atoms with Crippen LogP contribution in [0.2, 0.25) is 0 Å². The van der Waals surface area contributed by atoms with E-state index in [4.69, 9.17) is 4.74 Å². The third-order valence-electron chi connectivity index (χ3n) is 1.92. The van der Waals surface area contributed by atoms with Crippen LogP contribution in [0.5, 0.6) is 5.75 Å². The lowest BCUT2D eigenvalue weighted by molar-refractivity contribution is 0.221. The van der Waals surface area contributed by atoms with E-state index in [1.54, 1.807) is 13.2 Å². The van der Waals surface area contributed by atoms with Gasteiger partial charge in [-0.3, -0.25) is 0 Å². The molecule has 2 nitrogen and oxygen atoms in total. The molecule has 0 fully saturated rings. The fourth-order valence-electron chi connectivity index (χ4n) is 1.25. The fraction of sp³-hybridized carbons (Fsp3) is 0.273. The molecule has 0 bridgehead atoms. The molecular weight excluding hydrogens is 183 g/mol. The minimum atomic E-state index is -0.809. The van der Waals surface area contributed by atoms with Crippen LogP contribution < -0.4 is 4.74 Å². The Bertz CT molecular complexity index is 310. The predicted molar refractivity (Wildman–Crippen MR) is 53.0 cm³/mol. The normalized spacial score (nSPS) is 13.1. The number of halogens is 1. The molecule has 1 aromatic rings. The summed E-state index contributed by atoms with van der Waals surface area (Å²) in [6, 6.07) is 7.35. The van der Waals surface area contributed by atoms with Crippen LogP contribution in [0, 0.1) is 0 Å². The minimum Gasteiger partial charge on any atom is -0.496 e. The smallest absolute Gasteiger partial charge is 0.122 e.